The van der Waals surface area contributed by atoms with Gasteiger partial charge in [-0.15, -0.1) is 0 Å². The van der Waals surface area contributed by atoms with Crippen molar-refractivity contribution < 1.29 is 0 Å². The van der Waals surface area contributed by atoms with E-state index < -0.39 is 11.4 Å². The fourth-order valence-corrected chi connectivity index (χ4v) is 1.49. The van der Waals surface area contributed by atoms with Gasteiger partial charge in [0.15, 0.2) is 0 Å². The van der Waals surface area contributed by atoms with Crippen LogP contribution in [0.2, 0.25) is 0 Å². The zero-order valence-corrected chi connectivity index (χ0v) is 8.56. The molecule has 0 saturated carbocycles. The number of nitrogens with one attached hydrogen (secondary N) is 2. The van der Waals surface area contributed by atoms with Gasteiger partial charge in [-0.1, -0.05) is 19.1 Å². The summed E-state index contributed by atoms with van der Waals surface area (Å²) >= 11 is 4.74. The Hall–Kier alpha value is -1.37. The predicted molar refractivity (Wildman–Crippen MR) is 56.4 cm³/mol. The highest BCUT2D eigenvalue weighted by Gasteiger charge is 2.15. The fraction of sp³-hybridized carbons (Fsp3) is 0.571. The third-order valence-corrected chi connectivity index (χ3v) is 2.15. The fourth-order valence-electron chi connectivity index (χ4n) is 1.30. The van der Waals surface area contributed by atoms with Gasteiger partial charge < -0.3 is 5.73 Å². The Morgan fingerprint density at radius 2 is 2.00 bits per heavy atom. The third kappa shape index (κ3) is 2.11. The number of hydrogen-bond acceptors (Lipinski definition) is 3. The molecular formula is C7H12N4O2S. The molecule has 0 saturated heterocycles. The zero-order chi connectivity index (χ0) is 10.7. The Morgan fingerprint density at radius 3 is 2.36 bits per heavy atom. The summed E-state index contributed by atoms with van der Waals surface area (Å²) in [6, 6.07) is -0.269. The van der Waals surface area contributed by atoms with E-state index in [1.807, 2.05) is 6.92 Å². The average Bonchev–Trinajstić information content (AvgIpc) is 2.43. The molecule has 6 nitrogen and oxygen atoms in total. The topological polar surface area (TPSA) is 96.7 Å². The van der Waals surface area contributed by atoms with Crippen LogP contribution in [0.1, 0.15) is 25.8 Å². The second-order valence-corrected chi connectivity index (χ2v) is 3.49. The molecular weight excluding hydrogens is 204 g/mol. The van der Waals surface area contributed by atoms with E-state index in [4.69, 9.17) is 18.0 Å². The van der Waals surface area contributed by atoms with Gasteiger partial charge in [-0.2, -0.15) is 0 Å². The molecule has 4 N–H and O–H groups in total. The summed E-state index contributed by atoms with van der Waals surface area (Å²) in [6.07, 6.45) is 0.977. The molecule has 0 radical (unpaired) electrons. The van der Waals surface area contributed by atoms with Crippen LogP contribution < -0.4 is 17.1 Å². The lowest BCUT2D eigenvalue weighted by Gasteiger charge is -2.12. The monoisotopic (exact) mass is 216 g/mol. The highest BCUT2D eigenvalue weighted by Crippen LogP contribution is 2.10. The van der Waals surface area contributed by atoms with Crippen LogP contribution in [-0.2, 0) is 0 Å². The maximum absolute atomic E-state index is 11.2. The standard InChI is InChI=1S/C7H12N4O2S/c1-2-4(3-5(8)14)11-6(12)9-10-7(11)13/h4H,2-3H2,1H3,(H2,8,14)(H,9,12)(H,10,13). The molecule has 0 fully saturated rings. The number of H-pyrrole nitrogens is 2. The number of thiocarbonyl (C=S) groups is 1. The maximum atomic E-state index is 11.2. The lowest BCUT2D eigenvalue weighted by atomic mass is 10.1. The summed E-state index contributed by atoms with van der Waals surface area (Å²) in [5, 5.41) is 4.42. The van der Waals surface area contributed by atoms with Crippen LogP contribution in [0.4, 0.5) is 0 Å². The maximum Gasteiger partial charge on any atom is 0.344 e. The van der Waals surface area contributed by atoms with Gasteiger partial charge in [0.1, 0.15) is 0 Å². The minimum absolute atomic E-state index is 0.269. The van der Waals surface area contributed by atoms with Gasteiger partial charge in [0.05, 0.1) is 4.99 Å². The largest absolute Gasteiger partial charge is 0.393 e. The number of nitrogens with zero attached hydrogens (tertiary/aromatic N) is 1. The van der Waals surface area contributed by atoms with Crippen LogP contribution in [-0.4, -0.2) is 19.8 Å². The number of aromatic nitrogens is 3. The Bertz CT molecular complexity index is 402. The normalized spacial score (nSPS) is 12.6. The SMILES string of the molecule is CCC(CC(N)=S)n1c(=O)[nH][nH]c1=O. The quantitative estimate of drug-likeness (QED) is 0.591. The molecule has 0 aliphatic rings. The van der Waals surface area contributed by atoms with E-state index in [0.717, 1.165) is 4.57 Å². The summed E-state index contributed by atoms with van der Waals surface area (Å²) < 4.78 is 1.10. The first kappa shape index (κ1) is 10.7. The van der Waals surface area contributed by atoms with Crippen LogP contribution in [0.5, 0.6) is 0 Å². The van der Waals surface area contributed by atoms with E-state index in [1.54, 1.807) is 0 Å². The van der Waals surface area contributed by atoms with Crippen LogP contribution in [0.15, 0.2) is 9.59 Å². The van der Waals surface area contributed by atoms with Crippen molar-refractivity contribution in [3.63, 3.8) is 0 Å². The molecule has 1 heterocycles. The van der Waals surface area contributed by atoms with Crippen molar-refractivity contribution in [3.8, 4) is 0 Å². The van der Waals surface area contributed by atoms with E-state index >= 15 is 0 Å². The summed E-state index contributed by atoms with van der Waals surface area (Å²) in [7, 11) is 0. The Morgan fingerprint density at radius 1 is 1.50 bits per heavy atom. The van der Waals surface area contributed by atoms with Gasteiger partial charge in [0.2, 0.25) is 0 Å². The average molecular weight is 216 g/mol. The minimum Gasteiger partial charge on any atom is -0.393 e. The van der Waals surface area contributed by atoms with Gasteiger partial charge in [-0.25, -0.2) is 24.4 Å². The first-order valence-electron chi connectivity index (χ1n) is 4.23. The van der Waals surface area contributed by atoms with Crippen LogP contribution in [0, 0.1) is 0 Å². The summed E-state index contributed by atoms with van der Waals surface area (Å²) in [6.45, 7) is 1.86. The number of rotatable bonds is 4. The van der Waals surface area contributed by atoms with Crippen molar-refractivity contribution >= 4 is 17.2 Å². The van der Waals surface area contributed by atoms with Crippen molar-refractivity contribution in [3.05, 3.63) is 21.0 Å². The third-order valence-electron chi connectivity index (χ3n) is 1.99. The van der Waals surface area contributed by atoms with Crippen molar-refractivity contribution in [1.29, 1.82) is 0 Å². The van der Waals surface area contributed by atoms with Crippen molar-refractivity contribution in [2.45, 2.75) is 25.8 Å². The molecule has 0 aromatic carbocycles. The Balaban J connectivity index is 3.06. The van der Waals surface area contributed by atoms with Crippen LogP contribution >= 0.6 is 12.2 Å². The molecule has 0 aliphatic heterocycles. The molecule has 0 aliphatic carbocycles. The van der Waals surface area contributed by atoms with Gasteiger partial charge >= 0.3 is 11.4 Å². The number of hydrogen-bond donors (Lipinski definition) is 3. The molecule has 7 heteroatoms. The molecule has 0 spiro atoms. The smallest absolute Gasteiger partial charge is 0.344 e. The second-order valence-electron chi connectivity index (χ2n) is 2.96. The Kier molecular flexibility index (Phi) is 3.23. The van der Waals surface area contributed by atoms with Crippen molar-refractivity contribution in [1.82, 2.24) is 14.8 Å². The molecule has 1 aromatic rings. The molecule has 78 valence electrons. The lowest BCUT2D eigenvalue weighted by Crippen LogP contribution is -2.32. The summed E-state index contributed by atoms with van der Waals surface area (Å²) in [4.78, 5) is 22.7. The first-order valence-corrected chi connectivity index (χ1v) is 4.64. The summed E-state index contributed by atoms with van der Waals surface area (Å²) in [5.41, 5.74) is 4.45. The molecule has 1 aromatic heterocycles. The van der Waals surface area contributed by atoms with Crippen LogP contribution in [0.25, 0.3) is 0 Å². The van der Waals surface area contributed by atoms with E-state index in [2.05, 4.69) is 10.2 Å². The van der Waals surface area contributed by atoms with Crippen LogP contribution in [0.3, 0.4) is 0 Å². The molecule has 0 amide bonds. The first-order chi connectivity index (χ1) is 6.56. The molecule has 0 bridgehead atoms. The van der Waals surface area contributed by atoms with E-state index in [9.17, 15) is 9.59 Å². The zero-order valence-electron chi connectivity index (χ0n) is 7.74. The van der Waals surface area contributed by atoms with E-state index in [1.165, 1.54) is 0 Å². The lowest BCUT2D eigenvalue weighted by molar-refractivity contribution is 0.477. The number of aromatic amines is 2. The predicted octanol–water partition coefficient (Wildman–Crippen LogP) is -0.508. The van der Waals surface area contributed by atoms with Gasteiger partial charge in [0, 0.05) is 12.5 Å². The van der Waals surface area contributed by atoms with Crippen molar-refractivity contribution in [2.75, 3.05) is 0 Å². The summed E-state index contributed by atoms with van der Waals surface area (Å²) in [5.74, 6) is 0. The van der Waals surface area contributed by atoms with Crippen molar-refractivity contribution in [2.24, 2.45) is 5.73 Å². The molecule has 1 rings (SSSR count). The van der Waals surface area contributed by atoms with Gasteiger partial charge in [-0.05, 0) is 6.42 Å². The van der Waals surface area contributed by atoms with Gasteiger partial charge in [-0.3, -0.25) is 0 Å². The van der Waals surface area contributed by atoms with Gasteiger partial charge in [0.25, 0.3) is 0 Å². The van der Waals surface area contributed by atoms with E-state index in [-0.39, 0.29) is 6.04 Å². The molecule has 1 atom stereocenters. The Labute approximate surface area is 85.1 Å². The molecule has 1 unspecified atom stereocenters. The number of nitrogens with two attached hydrogens (primary N) is 1. The highest BCUT2D eigenvalue weighted by molar-refractivity contribution is 7.80. The minimum atomic E-state index is -0.460. The van der Waals surface area contributed by atoms with E-state index in [0.29, 0.717) is 17.8 Å². The molecule has 14 heavy (non-hydrogen) atoms. The second kappa shape index (κ2) is 4.23. The highest BCUT2D eigenvalue weighted by atomic mass is 32.1.